The summed E-state index contributed by atoms with van der Waals surface area (Å²) in [5.74, 6) is 0.644. The first-order chi connectivity index (χ1) is 6.77. The van der Waals surface area contributed by atoms with Crippen molar-refractivity contribution in [1.29, 1.82) is 0 Å². The summed E-state index contributed by atoms with van der Waals surface area (Å²) in [6.07, 6.45) is 3.24. The highest BCUT2D eigenvalue weighted by Crippen LogP contribution is 2.16. The van der Waals surface area contributed by atoms with Crippen LogP contribution in [0, 0.1) is 0 Å². The van der Waals surface area contributed by atoms with Crippen LogP contribution in [0.15, 0.2) is 18.3 Å². The lowest BCUT2D eigenvalue weighted by Gasteiger charge is -2.20. The maximum atomic E-state index is 3.28. The monoisotopic (exact) mass is 194 g/mol. The Bertz CT molecular complexity index is 224. The van der Waals surface area contributed by atoms with Gasteiger partial charge in [0.2, 0.25) is 0 Å². The summed E-state index contributed by atoms with van der Waals surface area (Å²) in [6.45, 7) is 10.3. The van der Waals surface area contributed by atoms with Gasteiger partial charge in [0.15, 0.2) is 0 Å². The molecule has 0 aromatic carbocycles. The van der Waals surface area contributed by atoms with Crippen molar-refractivity contribution >= 4 is 0 Å². The lowest BCUT2D eigenvalue weighted by Crippen LogP contribution is -2.24. The van der Waals surface area contributed by atoms with Gasteiger partial charge in [-0.05, 0) is 44.1 Å². The van der Waals surface area contributed by atoms with Crippen molar-refractivity contribution in [3.05, 3.63) is 24.0 Å². The molecule has 1 heterocycles. The molecule has 1 atom stereocenters. The molecule has 0 radical (unpaired) electrons. The molecule has 0 amide bonds. The molecule has 2 nitrogen and oxygen atoms in total. The second-order valence-corrected chi connectivity index (χ2v) is 3.84. The lowest BCUT2D eigenvalue weighted by molar-refractivity contribution is 0.292. The number of hydrogen-bond donors (Lipinski definition) is 1. The Hall–Kier alpha value is -0.760. The summed E-state index contributed by atoms with van der Waals surface area (Å²) in [5.41, 5.74) is 1.36. The van der Waals surface area contributed by atoms with Crippen LogP contribution in [0.2, 0.25) is 0 Å². The van der Waals surface area contributed by atoms with E-state index in [0.717, 1.165) is 13.1 Å². The zero-order chi connectivity index (χ0) is 10.4. The summed E-state index contributed by atoms with van der Waals surface area (Å²) < 4.78 is 0. The molecule has 0 saturated heterocycles. The summed E-state index contributed by atoms with van der Waals surface area (Å²) in [7, 11) is 0. The molecule has 1 aromatic rings. The number of aromatic nitrogens is 1. The van der Waals surface area contributed by atoms with Crippen LogP contribution >= 0.6 is 0 Å². The van der Waals surface area contributed by atoms with Crippen LogP contribution < -0.4 is 0 Å². The minimum Gasteiger partial charge on any atom is -0.365 e. The Balaban J connectivity index is 2.31. The summed E-state index contributed by atoms with van der Waals surface area (Å²) >= 11 is 0. The Morgan fingerprint density at radius 2 is 2.07 bits per heavy atom. The van der Waals surface area contributed by atoms with E-state index in [1.807, 2.05) is 6.20 Å². The van der Waals surface area contributed by atoms with E-state index >= 15 is 0 Å². The predicted molar refractivity (Wildman–Crippen MR) is 61.6 cm³/mol. The van der Waals surface area contributed by atoms with Crippen molar-refractivity contribution in [3.63, 3.8) is 0 Å². The number of rotatable bonds is 6. The molecule has 0 aliphatic rings. The van der Waals surface area contributed by atoms with Crippen molar-refractivity contribution in [2.75, 3.05) is 19.6 Å². The Kier molecular flexibility index (Phi) is 4.74. The highest BCUT2D eigenvalue weighted by Gasteiger charge is 2.07. The molecule has 0 aliphatic carbocycles. The normalized spacial score (nSPS) is 13.4. The van der Waals surface area contributed by atoms with E-state index in [9.17, 15) is 0 Å². The largest absolute Gasteiger partial charge is 0.365 e. The van der Waals surface area contributed by atoms with Gasteiger partial charge in [0.1, 0.15) is 0 Å². The first kappa shape index (κ1) is 11.3. The molecule has 2 heteroatoms. The first-order valence-electron chi connectivity index (χ1n) is 5.63. The Labute approximate surface area is 87.3 Å². The predicted octanol–water partition coefficient (Wildman–Crippen LogP) is 2.85. The van der Waals surface area contributed by atoms with E-state index in [0.29, 0.717) is 5.92 Å². The van der Waals surface area contributed by atoms with Crippen molar-refractivity contribution in [3.8, 4) is 0 Å². The molecule has 0 spiro atoms. The maximum absolute atomic E-state index is 3.28. The molecule has 0 saturated carbocycles. The van der Waals surface area contributed by atoms with Gasteiger partial charge in [0.05, 0.1) is 0 Å². The molecular weight excluding hydrogens is 172 g/mol. The summed E-state index contributed by atoms with van der Waals surface area (Å²) in [4.78, 5) is 5.75. The van der Waals surface area contributed by atoms with Crippen LogP contribution in [0.4, 0.5) is 0 Å². The van der Waals surface area contributed by atoms with E-state index in [4.69, 9.17) is 0 Å². The minimum atomic E-state index is 0.644. The molecule has 1 N–H and O–H groups in total. The lowest BCUT2D eigenvalue weighted by atomic mass is 10.0. The van der Waals surface area contributed by atoms with Gasteiger partial charge in [-0.2, -0.15) is 0 Å². The van der Waals surface area contributed by atoms with Gasteiger partial charge in [-0.1, -0.05) is 20.8 Å². The Morgan fingerprint density at radius 1 is 1.36 bits per heavy atom. The Morgan fingerprint density at radius 3 is 2.57 bits per heavy atom. The van der Waals surface area contributed by atoms with E-state index < -0.39 is 0 Å². The number of nitrogens with zero attached hydrogens (tertiary/aromatic N) is 1. The molecule has 0 aliphatic heterocycles. The highest BCUT2D eigenvalue weighted by molar-refractivity contribution is 5.08. The third kappa shape index (κ3) is 3.18. The molecule has 0 fully saturated rings. The topological polar surface area (TPSA) is 19.0 Å². The second-order valence-electron chi connectivity index (χ2n) is 3.84. The van der Waals surface area contributed by atoms with Gasteiger partial charge >= 0.3 is 0 Å². The van der Waals surface area contributed by atoms with Gasteiger partial charge in [0, 0.05) is 11.9 Å². The van der Waals surface area contributed by atoms with Crippen LogP contribution in [0.3, 0.4) is 0 Å². The van der Waals surface area contributed by atoms with Crippen LogP contribution in [-0.2, 0) is 0 Å². The van der Waals surface area contributed by atoms with E-state index in [2.05, 4.69) is 42.8 Å². The number of nitrogens with one attached hydrogen (secondary N) is 1. The van der Waals surface area contributed by atoms with E-state index in [-0.39, 0.29) is 0 Å². The zero-order valence-electron chi connectivity index (χ0n) is 9.59. The van der Waals surface area contributed by atoms with Crippen LogP contribution in [-0.4, -0.2) is 29.5 Å². The number of hydrogen-bond acceptors (Lipinski definition) is 1. The first-order valence-corrected chi connectivity index (χ1v) is 5.63. The van der Waals surface area contributed by atoms with Gasteiger partial charge in [0.25, 0.3) is 0 Å². The fourth-order valence-electron chi connectivity index (χ4n) is 1.72. The van der Waals surface area contributed by atoms with Crippen LogP contribution in [0.5, 0.6) is 0 Å². The maximum Gasteiger partial charge on any atom is 0.0176 e. The molecule has 0 bridgehead atoms. The molecule has 1 rings (SSSR count). The summed E-state index contributed by atoms with van der Waals surface area (Å²) in [6, 6.07) is 4.25. The second kappa shape index (κ2) is 5.86. The third-order valence-electron chi connectivity index (χ3n) is 2.93. The summed E-state index contributed by atoms with van der Waals surface area (Å²) in [5, 5.41) is 0. The fourth-order valence-corrected chi connectivity index (χ4v) is 1.72. The molecule has 1 aromatic heterocycles. The number of aromatic amines is 1. The van der Waals surface area contributed by atoms with Crippen molar-refractivity contribution in [2.24, 2.45) is 0 Å². The van der Waals surface area contributed by atoms with Gasteiger partial charge in [-0.15, -0.1) is 0 Å². The SMILES string of the molecule is CCN(CC)CCC(C)c1ccc[nH]1. The quantitative estimate of drug-likeness (QED) is 0.738. The molecular formula is C12H22N2. The smallest absolute Gasteiger partial charge is 0.0176 e. The number of H-pyrrole nitrogens is 1. The van der Waals surface area contributed by atoms with Crippen LogP contribution in [0.1, 0.15) is 38.8 Å². The fraction of sp³-hybridized carbons (Fsp3) is 0.667. The molecule has 14 heavy (non-hydrogen) atoms. The van der Waals surface area contributed by atoms with Crippen molar-refractivity contribution < 1.29 is 0 Å². The molecule has 1 unspecified atom stereocenters. The average Bonchev–Trinajstić information content (AvgIpc) is 2.72. The highest BCUT2D eigenvalue weighted by atomic mass is 15.1. The van der Waals surface area contributed by atoms with Gasteiger partial charge in [-0.25, -0.2) is 0 Å². The van der Waals surface area contributed by atoms with Crippen LogP contribution in [0.25, 0.3) is 0 Å². The van der Waals surface area contributed by atoms with Crippen molar-refractivity contribution in [2.45, 2.75) is 33.1 Å². The van der Waals surface area contributed by atoms with E-state index in [1.54, 1.807) is 0 Å². The van der Waals surface area contributed by atoms with Gasteiger partial charge in [-0.3, -0.25) is 0 Å². The third-order valence-corrected chi connectivity index (χ3v) is 2.93. The zero-order valence-corrected chi connectivity index (χ0v) is 9.59. The minimum absolute atomic E-state index is 0.644. The molecule has 80 valence electrons. The standard InChI is InChI=1S/C12H22N2/c1-4-14(5-2)10-8-11(3)12-7-6-9-13-12/h6-7,9,11,13H,4-5,8,10H2,1-3H3. The van der Waals surface area contributed by atoms with E-state index in [1.165, 1.54) is 18.7 Å². The van der Waals surface area contributed by atoms with Gasteiger partial charge < -0.3 is 9.88 Å². The average molecular weight is 194 g/mol. The van der Waals surface area contributed by atoms with Crippen molar-refractivity contribution in [1.82, 2.24) is 9.88 Å².